The lowest BCUT2D eigenvalue weighted by atomic mass is 9.67. The molecule has 24 heavy (non-hydrogen) atoms. The van der Waals surface area contributed by atoms with E-state index < -0.39 is 6.10 Å². The Morgan fingerprint density at radius 3 is 1.79 bits per heavy atom. The molecule has 0 amide bonds. The van der Waals surface area contributed by atoms with Crippen LogP contribution in [-0.2, 0) is 14.7 Å². The van der Waals surface area contributed by atoms with Gasteiger partial charge < -0.3 is 0 Å². The summed E-state index contributed by atoms with van der Waals surface area (Å²) in [5.41, 5.74) is -0.702. The summed E-state index contributed by atoms with van der Waals surface area (Å²) >= 11 is 0. The van der Waals surface area contributed by atoms with Gasteiger partial charge in [0, 0.05) is 0 Å². The molecule has 0 radical (unpaired) electrons. The minimum Gasteiger partial charge on any atom is -0.252 e. The molecule has 0 aliphatic carbocycles. The monoisotopic (exact) mass is 350 g/mol. The zero-order valence-corrected chi connectivity index (χ0v) is 16.2. The van der Waals surface area contributed by atoms with Crippen molar-refractivity contribution < 1.29 is 30.4 Å². The summed E-state index contributed by atoms with van der Waals surface area (Å²) in [6.45, 7) is 12.6. The fourth-order valence-electron chi connectivity index (χ4n) is 3.17. The highest BCUT2D eigenvalue weighted by Gasteiger charge is 2.43. The van der Waals surface area contributed by atoms with E-state index in [1.165, 1.54) is 0 Å². The zero-order chi connectivity index (χ0) is 18.8. The van der Waals surface area contributed by atoms with Crippen LogP contribution in [0.3, 0.4) is 0 Å². The highest BCUT2D eigenvalue weighted by molar-refractivity contribution is 4.91. The molecule has 0 aliphatic rings. The fourth-order valence-corrected chi connectivity index (χ4v) is 3.17. The molecule has 0 bridgehead atoms. The lowest BCUT2D eigenvalue weighted by Gasteiger charge is -2.43. The maximum Gasteiger partial charge on any atom is 0.0987 e. The van der Waals surface area contributed by atoms with Crippen LogP contribution >= 0.6 is 0 Å². The Hall–Kier alpha value is -0.240. The van der Waals surface area contributed by atoms with Gasteiger partial charge >= 0.3 is 0 Å². The third kappa shape index (κ3) is 6.58. The van der Waals surface area contributed by atoms with Crippen molar-refractivity contribution in [2.75, 3.05) is 6.61 Å². The summed E-state index contributed by atoms with van der Waals surface area (Å²) in [6.07, 6.45) is 3.63. The molecular weight excluding hydrogens is 312 g/mol. The second kappa shape index (κ2) is 11.4. The minimum atomic E-state index is -0.447. The van der Waals surface area contributed by atoms with E-state index >= 15 is 0 Å². The van der Waals surface area contributed by atoms with E-state index in [-0.39, 0.29) is 23.5 Å². The first-order valence-corrected chi connectivity index (χ1v) is 9.13. The largest absolute Gasteiger partial charge is 0.252 e. The molecule has 5 atom stereocenters. The van der Waals surface area contributed by atoms with Crippen molar-refractivity contribution in [3.63, 3.8) is 0 Å². The van der Waals surface area contributed by atoms with E-state index in [4.69, 9.17) is 15.0 Å². The lowest BCUT2D eigenvalue weighted by molar-refractivity contribution is -0.334. The summed E-state index contributed by atoms with van der Waals surface area (Å²) in [4.78, 5) is 13.9. The van der Waals surface area contributed by atoms with E-state index in [1.54, 1.807) is 0 Å². The highest BCUT2D eigenvalue weighted by atomic mass is 17.1. The summed E-state index contributed by atoms with van der Waals surface area (Å²) < 4.78 is 0. The second-order valence-electron chi connectivity index (χ2n) is 7.74. The first kappa shape index (κ1) is 23.8. The predicted molar refractivity (Wildman–Crippen MR) is 93.7 cm³/mol. The summed E-state index contributed by atoms with van der Waals surface area (Å²) in [6, 6.07) is 0. The van der Waals surface area contributed by atoms with Gasteiger partial charge in [-0.15, -0.1) is 0 Å². The Morgan fingerprint density at radius 2 is 1.42 bits per heavy atom. The van der Waals surface area contributed by atoms with Gasteiger partial charge in [0.15, 0.2) is 0 Å². The van der Waals surface area contributed by atoms with Gasteiger partial charge in [-0.3, -0.25) is 15.8 Å². The second-order valence-corrected chi connectivity index (χ2v) is 7.74. The highest BCUT2D eigenvalue weighted by Crippen LogP contribution is 2.43. The Kier molecular flexibility index (Phi) is 11.3. The number of rotatable bonds is 14. The molecule has 0 aromatic heterocycles. The fraction of sp³-hybridized carbons (Fsp3) is 1.00. The van der Waals surface area contributed by atoms with Gasteiger partial charge in [0.25, 0.3) is 0 Å². The summed E-state index contributed by atoms with van der Waals surface area (Å²) in [5.74, 6) is 0.432. The Morgan fingerprint density at radius 1 is 0.875 bits per heavy atom. The molecule has 146 valence electrons. The van der Waals surface area contributed by atoms with Crippen LogP contribution in [0.2, 0.25) is 0 Å². The van der Waals surface area contributed by atoms with Crippen molar-refractivity contribution >= 4 is 0 Å². The maximum absolute atomic E-state index is 9.53. The number of hydrogen-bond donors (Lipinski definition) is 3. The first-order valence-electron chi connectivity index (χ1n) is 9.13. The molecule has 0 aromatic carbocycles. The molecular formula is C18H38O6. The van der Waals surface area contributed by atoms with Gasteiger partial charge in [0.2, 0.25) is 0 Å². The van der Waals surface area contributed by atoms with E-state index in [1.807, 2.05) is 13.8 Å². The standard InChI is InChI=1S/C18H38O6/c1-7-14(4)12-15(23-20)18(6,9-3)13-16(24-21)17(5,8-2)10-11-22-19/h14-16,19-21H,7-13H2,1-6H3. The van der Waals surface area contributed by atoms with Crippen LogP contribution in [0.4, 0.5) is 0 Å². The van der Waals surface area contributed by atoms with Crippen LogP contribution in [0.15, 0.2) is 0 Å². The van der Waals surface area contributed by atoms with Crippen molar-refractivity contribution in [2.24, 2.45) is 16.7 Å². The molecule has 0 heterocycles. The smallest absolute Gasteiger partial charge is 0.0987 e. The van der Waals surface area contributed by atoms with Crippen LogP contribution in [0, 0.1) is 16.7 Å². The SMILES string of the molecule is CCC(C)CC(OO)C(C)(CC)CC(OO)C(C)(CC)CCOO. The van der Waals surface area contributed by atoms with E-state index in [9.17, 15) is 10.5 Å². The van der Waals surface area contributed by atoms with Crippen molar-refractivity contribution in [3.8, 4) is 0 Å². The average Bonchev–Trinajstić information content (AvgIpc) is 2.61. The Balaban J connectivity index is 5.31. The summed E-state index contributed by atoms with van der Waals surface area (Å²) in [7, 11) is 0. The molecule has 6 heteroatoms. The molecule has 0 fully saturated rings. The third-order valence-electron chi connectivity index (χ3n) is 6.15. The Bertz CT molecular complexity index is 327. The molecule has 0 aromatic rings. The van der Waals surface area contributed by atoms with Crippen molar-refractivity contribution in [2.45, 2.75) is 92.3 Å². The van der Waals surface area contributed by atoms with E-state index in [0.717, 1.165) is 25.7 Å². The molecule has 0 saturated carbocycles. The van der Waals surface area contributed by atoms with Crippen LogP contribution in [-0.4, -0.2) is 34.6 Å². The average molecular weight is 350 g/mol. The summed E-state index contributed by atoms with van der Waals surface area (Å²) in [5, 5.41) is 27.6. The van der Waals surface area contributed by atoms with Crippen LogP contribution in [0.5, 0.6) is 0 Å². The topological polar surface area (TPSA) is 88.4 Å². The molecule has 5 unspecified atom stereocenters. The number of hydrogen-bond acceptors (Lipinski definition) is 6. The van der Waals surface area contributed by atoms with Gasteiger partial charge in [-0.05, 0) is 48.9 Å². The van der Waals surface area contributed by atoms with Crippen molar-refractivity contribution in [1.82, 2.24) is 0 Å². The third-order valence-corrected chi connectivity index (χ3v) is 6.15. The van der Waals surface area contributed by atoms with Gasteiger partial charge in [-0.25, -0.2) is 14.7 Å². The maximum atomic E-state index is 9.53. The first-order chi connectivity index (χ1) is 11.3. The molecule has 0 rings (SSSR count). The van der Waals surface area contributed by atoms with Gasteiger partial charge in [0.05, 0.1) is 18.8 Å². The van der Waals surface area contributed by atoms with E-state index in [2.05, 4.69) is 32.6 Å². The van der Waals surface area contributed by atoms with Gasteiger partial charge in [0.1, 0.15) is 0 Å². The van der Waals surface area contributed by atoms with Gasteiger partial charge in [-0.1, -0.05) is 48.0 Å². The predicted octanol–water partition coefficient (Wildman–Crippen LogP) is 5.24. The lowest BCUT2D eigenvalue weighted by Crippen LogP contribution is -2.44. The normalized spacial score (nSPS) is 20.9. The quantitative estimate of drug-likeness (QED) is 0.293. The minimum absolute atomic E-state index is 0.180. The Labute approximate surface area is 146 Å². The molecule has 0 spiro atoms. The van der Waals surface area contributed by atoms with Gasteiger partial charge in [-0.2, -0.15) is 0 Å². The van der Waals surface area contributed by atoms with E-state index in [0.29, 0.717) is 18.8 Å². The van der Waals surface area contributed by atoms with Crippen molar-refractivity contribution in [1.29, 1.82) is 0 Å². The molecule has 0 saturated heterocycles. The van der Waals surface area contributed by atoms with Crippen molar-refractivity contribution in [3.05, 3.63) is 0 Å². The molecule has 6 nitrogen and oxygen atoms in total. The van der Waals surface area contributed by atoms with Crippen LogP contribution in [0.25, 0.3) is 0 Å². The molecule has 0 aliphatic heterocycles. The molecule has 3 N–H and O–H groups in total. The van der Waals surface area contributed by atoms with Crippen LogP contribution in [0.1, 0.15) is 80.1 Å². The van der Waals surface area contributed by atoms with Crippen LogP contribution < -0.4 is 0 Å². The zero-order valence-electron chi connectivity index (χ0n) is 16.2.